The van der Waals surface area contributed by atoms with Crippen LogP contribution in [0.1, 0.15) is 32.3 Å². The summed E-state index contributed by atoms with van der Waals surface area (Å²) >= 11 is 0. The van der Waals surface area contributed by atoms with Crippen molar-refractivity contribution in [1.82, 2.24) is 4.90 Å². The van der Waals surface area contributed by atoms with Gasteiger partial charge in [0.1, 0.15) is 0 Å². The molecule has 1 unspecified atom stereocenters. The summed E-state index contributed by atoms with van der Waals surface area (Å²) in [7, 11) is 1.65. The molecule has 0 saturated heterocycles. The van der Waals surface area contributed by atoms with Gasteiger partial charge in [0, 0.05) is 51.9 Å². The number of hydrogen-bond acceptors (Lipinski definition) is 3. The molecule has 0 saturated carbocycles. The number of hydrogen-bond donors (Lipinski definition) is 0. The molecule has 126 valence electrons. The Morgan fingerprint density at radius 2 is 2.04 bits per heavy atom. The van der Waals surface area contributed by atoms with Gasteiger partial charge in [0.2, 0.25) is 11.8 Å². The molecule has 0 aromatic heterocycles. The molecule has 0 N–H and O–H groups in total. The van der Waals surface area contributed by atoms with Gasteiger partial charge in [0.15, 0.2) is 0 Å². The molecule has 2 rings (SSSR count). The quantitative estimate of drug-likeness (QED) is 0.725. The molecule has 0 spiro atoms. The van der Waals surface area contributed by atoms with Crippen molar-refractivity contribution in [3.63, 3.8) is 0 Å². The van der Waals surface area contributed by atoms with Gasteiger partial charge in [0.25, 0.3) is 0 Å². The number of nitrogens with zero attached hydrogens (tertiary/aromatic N) is 2. The predicted molar refractivity (Wildman–Crippen MR) is 90.5 cm³/mol. The summed E-state index contributed by atoms with van der Waals surface area (Å²) in [6, 6.07) is 8.22. The number of methoxy groups -OCH3 is 1. The molecule has 1 heterocycles. The summed E-state index contributed by atoms with van der Waals surface area (Å²) in [5.41, 5.74) is 2.23. The fourth-order valence-electron chi connectivity index (χ4n) is 3.12. The molecule has 0 fully saturated rings. The van der Waals surface area contributed by atoms with Gasteiger partial charge in [-0.3, -0.25) is 9.59 Å². The molecular formula is C18H26N2O3. The van der Waals surface area contributed by atoms with Gasteiger partial charge >= 0.3 is 0 Å². The highest BCUT2D eigenvalue weighted by Crippen LogP contribution is 2.32. The van der Waals surface area contributed by atoms with Gasteiger partial charge < -0.3 is 14.5 Å². The van der Waals surface area contributed by atoms with Crippen LogP contribution in [0, 0.1) is 0 Å². The Morgan fingerprint density at radius 3 is 2.74 bits per heavy atom. The van der Waals surface area contributed by atoms with E-state index in [0.29, 0.717) is 26.1 Å². The number of fused-ring (bicyclic) bond motifs is 1. The molecule has 0 bridgehead atoms. The maximum atomic E-state index is 12.6. The van der Waals surface area contributed by atoms with Crippen molar-refractivity contribution in [1.29, 1.82) is 0 Å². The third-order valence-corrected chi connectivity index (χ3v) is 4.29. The number of anilines is 1. The van der Waals surface area contributed by atoms with Gasteiger partial charge in [-0.2, -0.15) is 0 Å². The van der Waals surface area contributed by atoms with Crippen molar-refractivity contribution >= 4 is 17.5 Å². The van der Waals surface area contributed by atoms with E-state index in [-0.39, 0.29) is 17.9 Å². The van der Waals surface area contributed by atoms with Crippen LogP contribution in [-0.2, 0) is 20.7 Å². The van der Waals surface area contributed by atoms with Crippen molar-refractivity contribution in [3.05, 3.63) is 29.8 Å². The van der Waals surface area contributed by atoms with Crippen LogP contribution in [0.25, 0.3) is 0 Å². The average Bonchev–Trinajstić information content (AvgIpc) is 2.85. The van der Waals surface area contributed by atoms with E-state index in [1.807, 2.05) is 23.1 Å². The summed E-state index contributed by atoms with van der Waals surface area (Å²) in [6.07, 6.45) is 2.03. The number of benzene rings is 1. The normalized spacial score (nSPS) is 16.3. The zero-order valence-electron chi connectivity index (χ0n) is 14.2. The summed E-state index contributed by atoms with van der Waals surface area (Å²) in [5.74, 6) is 0.0872. The maximum absolute atomic E-state index is 12.6. The van der Waals surface area contributed by atoms with Crippen LogP contribution in [0.3, 0.4) is 0 Å². The predicted octanol–water partition coefficient (Wildman–Crippen LogP) is 2.24. The van der Waals surface area contributed by atoms with E-state index in [2.05, 4.69) is 13.0 Å². The zero-order chi connectivity index (χ0) is 16.8. The average molecular weight is 318 g/mol. The van der Waals surface area contributed by atoms with Crippen molar-refractivity contribution in [2.45, 2.75) is 39.2 Å². The summed E-state index contributed by atoms with van der Waals surface area (Å²) in [4.78, 5) is 27.9. The Balaban J connectivity index is 1.94. The Hall–Kier alpha value is -1.88. The van der Waals surface area contributed by atoms with E-state index < -0.39 is 0 Å². The van der Waals surface area contributed by atoms with Gasteiger partial charge in [-0.15, -0.1) is 0 Å². The number of para-hydroxylation sites is 1. The summed E-state index contributed by atoms with van der Waals surface area (Å²) in [6.45, 7) is 5.32. The lowest BCUT2D eigenvalue weighted by Gasteiger charge is -2.25. The van der Waals surface area contributed by atoms with E-state index in [9.17, 15) is 9.59 Å². The molecule has 0 radical (unpaired) electrons. The first-order valence-electron chi connectivity index (χ1n) is 8.19. The van der Waals surface area contributed by atoms with Crippen LogP contribution in [-0.4, -0.2) is 49.6 Å². The Bertz CT molecular complexity index is 559. The van der Waals surface area contributed by atoms with Gasteiger partial charge in [-0.25, -0.2) is 0 Å². The van der Waals surface area contributed by atoms with Crippen LogP contribution in [0.5, 0.6) is 0 Å². The molecule has 1 aromatic rings. The molecule has 23 heavy (non-hydrogen) atoms. The molecule has 0 aliphatic carbocycles. The monoisotopic (exact) mass is 318 g/mol. The molecular weight excluding hydrogens is 292 g/mol. The molecule has 1 aliphatic heterocycles. The lowest BCUT2D eigenvalue weighted by Crippen LogP contribution is -2.39. The number of ether oxygens (including phenoxy) is 1. The van der Waals surface area contributed by atoms with Crippen LogP contribution in [0.15, 0.2) is 24.3 Å². The highest BCUT2D eigenvalue weighted by atomic mass is 16.5. The molecule has 1 aliphatic rings. The number of carbonyl (C=O) groups excluding carboxylic acids is 2. The van der Waals surface area contributed by atoms with Crippen LogP contribution >= 0.6 is 0 Å². The van der Waals surface area contributed by atoms with E-state index >= 15 is 0 Å². The minimum atomic E-state index is 0.00349. The van der Waals surface area contributed by atoms with E-state index in [1.165, 1.54) is 5.56 Å². The first-order valence-corrected chi connectivity index (χ1v) is 8.19. The highest BCUT2D eigenvalue weighted by Gasteiger charge is 2.30. The number of amides is 2. The lowest BCUT2D eigenvalue weighted by atomic mass is 10.1. The van der Waals surface area contributed by atoms with E-state index in [0.717, 1.165) is 18.5 Å². The van der Waals surface area contributed by atoms with Crippen molar-refractivity contribution < 1.29 is 14.3 Å². The molecule has 1 aromatic carbocycles. The largest absolute Gasteiger partial charge is 0.385 e. The minimum absolute atomic E-state index is 0.00349. The third-order valence-electron chi connectivity index (χ3n) is 4.29. The molecule has 5 nitrogen and oxygen atoms in total. The second-order valence-corrected chi connectivity index (χ2v) is 6.05. The summed E-state index contributed by atoms with van der Waals surface area (Å²) < 4.78 is 5.02. The number of carbonyl (C=O) groups is 2. The smallest absolute Gasteiger partial charge is 0.229 e. The Kier molecular flexibility index (Phi) is 6.16. The second kappa shape index (κ2) is 8.11. The fraction of sp³-hybridized carbons (Fsp3) is 0.556. The van der Waals surface area contributed by atoms with E-state index in [1.54, 1.807) is 18.9 Å². The fourth-order valence-corrected chi connectivity index (χ4v) is 3.12. The maximum Gasteiger partial charge on any atom is 0.229 e. The highest BCUT2D eigenvalue weighted by molar-refractivity contribution is 5.96. The first kappa shape index (κ1) is 17.5. The van der Waals surface area contributed by atoms with Crippen molar-refractivity contribution in [3.8, 4) is 0 Å². The third kappa shape index (κ3) is 4.32. The topological polar surface area (TPSA) is 49.9 Å². The first-order chi connectivity index (χ1) is 11.0. The van der Waals surface area contributed by atoms with Gasteiger partial charge in [-0.1, -0.05) is 18.2 Å². The van der Waals surface area contributed by atoms with E-state index in [4.69, 9.17) is 4.74 Å². The molecule has 5 heteroatoms. The van der Waals surface area contributed by atoms with Crippen LogP contribution in [0.2, 0.25) is 0 Å². The zero-order valence-corrected chi connectivity index (χ0v) is 14.2. The van der Waals surface area contributed by atoms with Crippen molar-refractivity contribution in [2.24, 2.45) is 0 Å². The minimum Gasteiger partial charge on any atom is -0.385 e. The SMILES string of the molecule is COCCCN(CCC(=O)N1c2ccccc2CC1C)C(C)=O. The van der Waals surface area contributed by atoms with Crippen LogP contribution in [0.4, 0.5) is 5.69 Å². The second-order valence-electron chi connectivity index (χ2n) is 6.05. The van der Waals surface area contributed by atoms with Crippen molar-refractivity contribution in [2.75, 3.05) is 31.7 Å². The Morgan fingerprint density at radius 1 is 1.30 bits per heavy atom. The van der Waals surface area contributed by atoms with Gasteiger partial charge in [-0.05, 0) is 31.4 Å². The molecule has 2 amide bonds. The standard InChI is InChI=1S/C18H26N2O3/c1-14-13-16-7-4-5-8-17(16)20(14)18(22)9-11-19(15(2)21)10-6-12-23-3/h4-5,7-8,14H,6,9-13H2,1-3H3. The lowest BCUT2D eigenvalue weighted by molar-refractivity contribution is -0.129. The van der Waals surface area contributed by atoms with Crippen LogP contribution < -0.4 is 4.90 Å². The molecule has 1 atom stereocenters. The Labute approximate surface area is 138 Å². The van der Waals surface area contributed by atoms with Gasteiger partial charge in [0.05, 0.1) is 0 Å². The summed E-state index contributed by atoms with van der Waals surface area (Å²) in [5, 5.41) is 0. The number of rotatable bonds is 7.